The van der Waals surface area contributed by atoms with Crippen LogP contribution in [-0.2, 0) is 0 Å². The van der Waals surface area contributed by atoms with Gasteiger partial charge in [0.05, 0.1) is 19.1 Å². The Hall–Kier alpha value is -1.38. The van der Waals surface area contributed by atoms with Crippen molar-refractivity contribution in [3.63, 3.8) is 0 Å². The van der Waals surface area contributed by atoms with E-state index in [1.807, 2.05) is 44.2 Å². The first-order chi connectivity index (χ1) is 10.1. The summed E-state index contributed by atoms with van der Waals surface area (Å²) >= 11 is 12.7. The molecule has 0 aromatic heterocycles. The first-order valence-electron chi connectivity index (χ1n) is 6.77. The van der Waals surface area contributed by atoms with Crippen LogP contribution in [-0.4, -0.2) is 13.7 Å². The lowest BCUT2D eigenvalue weighted by atomic mass is 10.0. The van der Waals surface area contributed by atoms with E-state index in [-0.39, 0.29) is 5.38 Å². The third kappa shape index (κ3) is 3.63. The van der Waals surface area contributed by atoms with E-state index in [1.165, 1.54) is 0 Å². The van der Waals surface area contributed by atoms with Crippen molar-refractivity contribution < 1.29 is 9.47 Å². The molecule has 21 heavy (non-hydrogen) atoms. The van der Waals surface area contributed by atoms with E-state index >= 15 is 0 Å². The first-order valence-corrected chi connectivity index (χ1v) is 7.59. The van der Waals surface area contributed by atoms with Crippen LogP contribution in [0.3, 0.4) is 0 Å². The molecule has 0 bridgehead atoms. The standard InChI is InChI=1S/C17H18Cl2O2/c1-4-21-15-8-5-11(2)9-14(15)17(19)13-7-6-12(18)10-16(13)20-3/h5-10,17H,4H2,1-3H3. The normalized spacial score (nSPS) is 12.0. The number of methoxy groups -OCH3 is 1. The molecule has 4 heteroatoms. The van der Waals surface area contributed by atoms with Crippen LogP contribution in [0.4, 0.5) is 0 Å². The Labute approximate surface area is 135 Å². The summed E-state index contributed by atoms with van der Waals surface area (Å²) in [6.07, 6.45) is 0. The predicted molar refractivity (Wildman–Crippen MR) is 88.0 cm³/mol. The fourth-order valence-corrected chi connectivity index (χ4v) is 2.73. The smallest absolute Gasteiger partial charge is 0.125 e. The zero-order valence-corrected chi connectivity index (χ0v) is 13.8. The summed E-state index contributed by atoms with van der Waals surface area (Å²) in [5.41, 5.74) is 2.93. The second-order valence-corrected chi connectivity index (χ2v) is 5.60. The molecule has 0 N–H and O–H groups in total. The van der Waals surface area contributed by atoms with Gasteiger partial charge < -0.3 is 9.47 Å². The minimum absolute atomic E-state index is 0.362. The Kier molecular flexibility index (Phi) is 5.38. The van der Waals surface area contributed by atoms with Gasteiger partial charge in [0.25, 0.3) is 0 Å². The molecule has 1 unspecified atom stereocenters. The SMILES string of the molecule is CCOc1ccc(C)cc1C(Cl)c1ccc(Cl)cc1OC. The van der Waals surface area contributed by atoms with Crippen LogP contribution in [0.15, 0.2) is 36.4 Å². The fraction of sp³-hybridized carbons (Fsp3) is 0.294. The molecule has 0 spiro atoms. The molecule has 0 radical (unpaired) electrons. The number of aryl methyl sites for hydroxylation is 1. The number of hydrogen-bond acceptors (Lipinski definition) is 2. The average molecular weight is 325 g/mol. The van der Waals surface area contributed by atoms with Gasteiger partial charge in [-0.1, -0.05) is 35.4 Å². The molecule has 0 amide bonds. The molecule has 2 nitrogen and oxygen atoms in total. The molecule has 2 aromatic rings. The highest BCUT2D eigenvalue weighted by molar-refractivity contribution is 6.30. The molecule has 1 atom stereocenters. The number of rotatable bonds is 5. The van der Waals surface area contributed by atoms with E-state index in [0.717, 1.165) is 22.4 Å². The summed E-state index contributed by atoms with van der Waals surface area (Å²) in [6, 6.07) is 11.5. The van der Waals surface area contributed by atoms with Crippen LogP contribution in [0.2, 0.25) is 5.02 Å². The van der Waals surface area contributed by atoms with E-state index in [0.29, 0.717) is 17.4 Å². The third-order valence-corrected chi connectivity index (χ3v) is 3.91. The molecular formula is C17H18Cl2O2. The van der Waals surface area contributed by atoms with Crippen LogP contribution < -0.4 is 9.47 Å². The summed E-state index contributed by atoms with van der Waals surface area (Å²) in [7, 11) is 1.61. The number of halogens is 2. The van der Waals surface area contributed by atoms with Crippen LogP contribution in [0.5, 0.6) is 11.5 Å². The fourth-order valence-electron chi connectivity index (χ4n) is 2.21. The van der Waals surface area contributed by atoms with Crippen molar-refractivity contribution in [3.8, 4) is 11.5 Å². The van der Waals surface area contributed by atoms with Crippen molar-refractivity contribution in [1.29, 1.82) is 0 Å². The summed E-state index contributed by atoms with van der Waals surface area (Å²) in [5.74, 6) is 1.46. The molecule has 0 saturated heterocycles. The Morgan fingerprint density at radius 3 is 2.48 bits per heavy atom. The van der Waals surface area contributed by atoms with Crippen molar-refractivity contribution in [2.45, 2.75) is 19.2 Å². The number of alkyl halides is 1. The van der Waals surface area contributed by atoms with Crippen LogP contribution in [0.25, 0.3) is 0 Å². The van der Waals surface area contributed by atoms with Gasteiger partial charge in [-0.15, -0.1) is 11.6 Å². The Bertz CT molecular complexity index is 626. The molecule has 0 aliphatic rings. The molecule has 0 aliphatic heterocycles. The first kappa shape index (κ1) is 16.0. The second kappa shape index (κ2) is 7.06. The van der Waals surface area contributed by atoms with E-state index in [9.17, 15) is 0 Å². The summed E-state index contributed by atoms with van der Waals surface area (Å²) < 4.78 is 11.1. The zero-order valence-electron chi connectivity index (χ0n) is 12.3. The van der Waals surface area contributed by atoms with E-state index in [2.05, 4.69) is 0 Å². The van der Waals surface area contributed by atoms with Gasteiger partial charge in [-0.2, -0.15) is 0 Å². The molecule has 0 aliphatic carbocycles. The summed E-state index contributed by atoms with van der Waals surface area (Å²) in [6.45, 7) is 4.58. The lowest BCUT2D eigenvalue weighted by Gasteiger charge is -2.18. The van der Waals surface area contributed by atoms with Crippen LogP contribution in [0.1, 0.15) is 29.0 Å². The van der Waals surface area contributed by atoms with Gasteiger partial charge in [-0.05, 0) is 32.0 Å². The van der Waals surface area contributed by atoms with Crippen molar-refractivity contribution >= 4 is 23.2 Å². The van der Waals surface area contributed by atoms with E-state index in [4.69, 9.17) is 32.7 Å². The number of ether oxygens (including phenoxy) is 2. The highest BCUT2D eigenvalue weighted by atomic mass is 35.5. The highest BCUT2D eigenvalue weighted by Gasteiger charge is 2.20. The monoisotopic (exact) mass is 324 g/mol. The second-order valence-electron chi connectivity index (χ2n) is 4.72. The lowest BCUT2D eigenvalue weighted by molar-refractivity contribution is 0.336. The largest absolute Gasteiger partial charge is 0.496 e. The zero-order chi connectivity index (χ0) is 15.4. The Morgan fingerprint density at radius 2 is 1.81 bits per heavy atom. The van der Waals surface area contributed by atoms with Gasteiger partial charge in [0.1, 0.15) is 11.5 Å². The minimum atomic E-state index is -0.362. The summed E-state index contributed by atoms with van der Waals surface area (Å²) in [4.78, 5) is 0. The predicted octanol–water partition coefficient (Wildman–Crippen LogP) is 5.38. The van der Waals surface area contributed by atoms with E-state index in [1.54, 1.807) is 13.2 Å². The maximum atomic E-state index is 6.68. The van der Waals surface area contributed by atoms with Gasteiger partial charge >= 0.3 is 0 Å². The molecule has 0 heterocycles. The highest BCUT2D eigenvalue weighted by Crippen LogP contribution is 2.40. The Balaban J connectivity index is 2.48. The van der Waals surface area contributed by atoms with Crippen LogP contribution >= 0.6 is 23.2 Å². The van der Waals surface area contributed by atoms with Crippen molar-refractivity contribution in [2.24, 2.45) is 0 Å². The maximum Gasteiger partial charge on any atom is 0.125 e. The van der Waals surface area contributed by atoms with Gasteiger partial charge in [0, 0.05) is 16.1 Å². The average Bonchev–Trinajstić information content (AvgIpc) is 2.48. The number of benzene rings is 2. The maximum absolute atomic E-state index is 6.68. The quantitative estimate of drug-likeness (QED) is 0.687. The molecule has 0 fully saturated rings. The van der Waals surface area contributed by atoms with Crippen LogP contribution in [0, 0.1) is 6.92 Å². The molecule has 2 rings (SSSR count). The van der Waals surface area contributed by atoms with Gasteiger partial charge in [0.15, 0.2) is 0 Å². The van der Waals surface area contributed by atoms with Gasteiger partial charge in [-0.25, -0.2) is 0 Å². The molecule has 2 aromatic carbocycles. The lowest BCUT2D eigenvalue weighted by Crippen LogP contribution is -2.02. The minimum Gasteiger partial charge on any atom is -0.496 e. The third-order valence-electron chi connectivity index (χ3n) is 3.21. The molecule has 112 valence electrons. The topological polar surface area (TPSA) is 18.5 Å². The van der Waals surface area contributed by atoms with Gasteiger partial charge in [-0.3, -0.25) is 0 Å². The summed E-state index contributed by atoms with van der Waals surface area (Å²) in [5, 5.41) is 0.257. The van der Waals surface area contributed by atoms with Crippen molar-refractivity contribution in [2.75, 3.05) is 13.7 Å². The Morgan fingerprint density at radius 1 is 1.05 bits per heavy atom. The van der Waals surface area contributed by atoms with Crippen molar-refractivity contribution in [3.05, 3.63) is 58.1 Å². The number of hydrogen-bond donors (Lipinski definition) is 0. The van der Waals surface area contributed by atoms with Crippen molar-refractivity contribution in [1.82, 2.24) is 0 Å². The molecular weight excluding hydrogens is 307 g/mol. The van der Waals surface area contributed by atoms with Gasteiger partial charge in [0.2, 0.25) is 0 Å². The van der Waals surface area contributed by atoms with E-state index < -0.39 is 0 Å². The molecule has 0 saturated carbocycles.